The monoisotopic (exact) mass is 291 g/mol. The highest BCUT2D eigenvalue weighted by Gasteiger charge is 2.23. The number of carbonyl (C=O) groups excluding carboxylic acids is 1. The fourth-order valence-electron chi connectivity index (χ4n) is 2.24. The van der Waals surface area contributed by atoms with Crippen LogP contribution in [0, 0.1) is 0 Å². The zero-order valence-corrected chi connectivity index (χ0v) is 12.6. The molecule has 0 saturated heterocycles. The van der Waals surface area contributed by atoms with Gasteiger partial charge < -0.3 is 21.1 Å². The third-order valence-corrected chi connectivity index (χ3v) is 3.53. The lowest BCUT2D eigenvalue weighted by Crippen LogP contribution is -2.27. The molecule has 1 aromatic rings. The van der Waals surface area contributed by atoms with Gasteiger partial charge in [-0.3, -0.25) is 4.79 Å². The predicted molar refractivity (Wildman–Crippen MR) is 84.5 cm³/mol. The first kappa shape index (κ1) is 15.8. The van der Waals surface area contributed by atoms with Gasteiger partial charge in [0.25, 0.3) is 5.91 Å². The summed E-state index contributed by atoms with van der Waals surface area (Å²) < 4.78 is 5.23. The Morgan fingerprint density at radius 2 is 2.29 bits per heavy atom. The van der Waals surface area contributed by atoms with Crippen LogP contribution in [-0.2, 0) is 4.74 Å². The van der Waals surface area contributed by atoms with E-state index in [4.69, 9.17) is 10.5 Å². The standard InChI is InChI=1S/C16H25N3O2/c1-21-11-15(6-3-9-17)18-14-5-2-4-12(10-14)16(20)19-13-7-8-13/h2,4-5,10,13,15,18H,3,6-9,11,17H2,1H3,(H,19,20). The number of anilines is 1. The SMILES string of the molecule is COCC(CCCN)Nc1cccc(C(=O)NC2CC2)c1. The largest absolute Gasteiger partial charge is 0.383 e. The van der Waals surface area contributed by atoms with Crippen LogP contribution in [-0.4, -0.2) is 38.3 Å². The van der Waals surface area contributed by atoms with Gasteiger partial charge in [0.15, 0.2) is 0 Å². The van der Waals surface area contributed by atoms with Crippen LogP contribution in [0.3, 0.4) is 0 Å². The Bertz CT molecular complexity index is 461. The van der Waals surface area contributed by atoms with Crippen molar-refractivity contribution >= 4 is 11.6 Å². The van der Waals surface area contributed by atoms with Crippen molar-refractivity contribution in [3.8, 4) is 0 Å². The highest BCUT2D eigenvalue weighted by Crippen LogP contribution is 2.20. The number of nitrogens with one attached hydrogen (secondary N) is 2. The Balaban J connectivity index is 1.95. The normalized spacial score (nSPS) is 15.5. The van der Waals surface area contributed by atoms with Crippen LogP contribution < -0.4 is 16.4 Å². The third kappa shape index (κ3) is 5.36. The number of carbonyl (C=O) groups is 1. The Hall–Kier alpha value is -1.59. The average Bonchev–Trinajstić information content (AvgIpc) is 3.29. The summed E-state index contributed by atoms with van der Waals surface area (Å²) in [5.74, 6) is 0.00593. The predicted octanol–water partition coefficient (Wildman–Crippen LogP) is 1.74. The van der Waals surface area contributed by atoms with E-state index in [1.807, 2.05) is 24.3 Å². The lowest BCUT2D eigenvalue weighted by Gasteiger charge is -2.19. The molecule has 5 nitrogen and oxygen atoms in total. The molecule has 1 aromatic carbocycles. The highest BCUT2D eigenvalue weighted by atomic mass is 16.5. The maximum absolute atomic E-state index is 12.1. The summed E-state index contributed by atoms with van der Waals surface area (Å²) in [5.41, 5.74) is 7.20. The van der Waals surface area contributed by atoms with Crippen LogP contribution in [0.4, 0.5) is 5.69 Å². The van der Waals surface area contributed by atoms with E-state index in [1.165, 1.54) is 0 Å². The number of amides is 1. The van der Waals surface area contributed by atoms with Gasteiger partial charge in [0.05, 0.1) is 6.61 Å². The first-order chi connectivity index (χ1) is 10.2. The van der Waals surface area contributed by atoms with Crippen LogP contribution in [0.25, 0.3) is 0 Å². The van der Waals surface area contributed by atoms with Crippen LogP contribution in [0.5, 0.6) is 0 Å². The van der Waals surface area contributed by atoms with Crippen LogP contribution >= 0.6 is 0 Å². The van der Waals surface area contributed by atoms with Gasteiger partial charge in [0, 0.05) is 30.4 Å². The van der Waals surface area contributed by atoms with Crippen LogP contribution in [0.2, 0.25) is 0 Å². The summed E-state index contributed by atoms with van der Waals surface area (Å²) in [6.07, 6.45) is 4.09. The molecule has 0 aromatic heterocycles. The summed E-state index contributed by atoms with van der Waals surface area (Å²) >= 11 is 0. The molecule has 4 N–H and O–H groups in total. The minimum atomic E-state index is 0.00593. The van der Waals surface area contributed by atoms with Crippen molar-refractivity contribution in [3.63, 3.8) is 0 Å². The number of hydrogen-bond donors (Lipinski definition) is 3. The van der Waals surface area contributed by atoms with E-state index in [2.05, 4.69) is 10.6 Å². The topological polar surface area (TPSA) is 76.4 Å². The maximum Gasteiger partial charge on any atom is 0.251 e. The van der Waals surface area contributed by atoms with E-state index >= 15 is 0 Å². The molecule has 1 amide bonds. The molecule has 0 spiro atoms. The molecule has 1 saturated carbocycles. The minimum Gasteiger partial charge on any atom is -0.383 e. The molecule has 0 bridgehead atoms. The second-order valence-corrected chi connectivity index (χ2v) is 5.56. The maximum atomic E-state index is 12.1. The van der Waals surface area contributed by atoms with Gasteiger partial charge in [-0.2, -0.15) is 0 Å². The fourth-order valence-corrected chi connectivity index (χ4v) is 2.24. The van der Waals surface area contributed by atoms with Crippen molar-refractivity contribution in [2.24, 2.45) is 5.73 Å². The summed E-state index contributed by atoms with van der Waals surface area (Å²) in [6, 6.07) is 8.19. The molecule has 1 unspecified atom stereocenters. The van der Waals surface area contributed by atoms with Gasteiger partial charge in [-0.1, -0.05) is 6.07 Å². The number of ether oxygens (including phenoxy) is 1. The van der Waals surface area contributed by atoms with Gasteiger partial charge in [-0.05, 0) is 50.4 Å². The molecule has 1 aliphatic rings. The molecular formula is C16H25N3O2. The summed E-state index contributed by atoms with van der Waals surface area (Å²) in [7, 11) is 1.69. The number of nitrogens with two attached hydrogens (primary N) is 1. The Kier molecular flexibility index (Phi) is 6.02. The smallest absolute Gasteiger partial charge is 0.251 e. The first-order valence-electron chi connectivity index (χ1n) is 7.59. The fraction of sp³-hybridized carbons (Fsp3) is 0.562. The van der Waals surface area contributed by atoms with Gasteiger partial charge in [0.2, 0.25) is 0 Å². The van der Waals surface area contributed by atoms with Crippen molar-refractivity contribution in [3.05, 3.63) is 29.8 Å². The Morgan fingerprint density at radius 1 is 1.48 bits per heavy atom. The molecule has 0 heterocycles. The molecule has 5 heteroatoms. The molecule has 0 aliphatic heterocycles. The van der Waals surface area contributed by atoms with Crippen LogP contribution in [0.1, 0.15) is 36.0 Å². The van der Waals surface area contributed by atoms with Crippen molar-refractivity contribution < 1.29 is 9.53 Å². The Morgan fingerprint density at radius 3 is 2.95 bits per heavy atom. The molecule has 1 fully saturated rings. The summed E-state index contributed by atoms with van der Waals surface area (Å²) in [4.78, 5) is 12.1. The molecule has 116 valence electrons. The molecule has 21 heavy (non-hydrogen) atoms. The molecule has 2 rings (SSSR count). The van der Waals surface area contributed by atoms with Crippen molar-refractivity contribution in [2.45, 2.75) is 37.8 Å². The summed E-state index contributed by atoms with van der Waals surface area (Å²) in [6.45, 7) is 1.30. The number of methoxy groups -OCH3 is 1. The number of benzene rings is 1. The van der Waals surface area contributed by atoms with E-state index in [0.29, 0.717) is 24.8 Å². The zero-order valence-electron chi connectivity index (χ0n) is 12.6. The first-order valence-corrected chi connectivity index (χ1v) is 7.59. The second-order valence-electron chi connectivity index (χ2n) is 5.56. The minimum absolute atomic E-state index is 0.00593. The van der Waals surface area contributed by atoms with E-state index < -0.39 is 0 Å². The zero-order chi connectivity index (χ0) is 15.1. The quantitative estimate of drug-likeness (QED) is 0.648. The van der Waals surface area contributed by atoms with E-state index in [9.17, 15) is 4.79 Å². The lowest BCUT2D eigenvalue weighted by molar-refractivity contribution is 0.0951. The van der Waals surface area contributed by atoms with Gasteiger partial charge >= 0.3 is 0 Å². The van der Waals surface area contributed by atoms with Crippen molar-refractivity contribution in [1.82, 2.24) is 5.32 Å². The van der Waals surface area contributed by atoms with E-state index in [0.717, 1.165) is 31.4 Å². The molecule has 0 radical (unpaired) electrons. The van der Waals surface area contributed by atoms with E-state index in [1.54, 1.807) is 7.11 Å². The van der Waals surface area contributed by atoms with Crippen molar-refractivity contribution in [2.75, 3.05) is 25.6 Å². The second kappa shape index (κ2) is 8.00. The third-order valence-electron chi connectivity index (χ3n) is 3.53. The average molecular weight is 291 g/mol. The molecule has 1 aliphatic carbocycles. The highest BCUT2D eigenvalue weighted by molar-refractivity contribution is 5.95. The van der Waals surface area contributed by atoms with Gasteiger partial charge in [0.1, 0.15) is 0 Å². The summed E-state index contributed by atoms with van der Waals surface area (Å²) in [5, 5.41) is 6.42. The lowest BCUT2D eigenvalue weighted by atomic mass is 10.1. The van der Waals surface area contributed by atoms with Gasteiger partial charge in [-0.25, -0.2) is 0 Å². The van der Waals surface area contributed by atoms with E-state index in [-0.39, 0.29) is 11.9 Å². The molecular weight excluding hydrogens is 266 g/mol. The van der Waals surface area contributed by atoms with Crippen LogP contribution in [0.15, 0.2) is 24.3 Å². The number of hydrogen-bond acceptors (Lipinski definition) is 4. The Labute approximate surface area is 126 Å². The van der Waals surface area contributed by atoms with Gasteiger partial charge in [-0.15, -0.1) is 0 Å². The van der Waals surface area contributed by atoms with Crippen molar-refractivity contribution in [1.29, 1.82) is 0 Å². The molecule has 1 atom stereocenters. The number of rotatable bonds is 9.